The highest BCUT2D eigenvalue weighted by molar-refractivity contribution is 5.91. The van der Waals surface area contributed by atoms with Crippen molar-refractivity contribution in [2.24, 2.45) is 0 Å². The van der Waals surface area contributed by atoms with E-state index in [0.29, 0.717) is 0 Å². The summed E-state index contributed by atoms with van der Waals surface area (Å²) >= 11 is 0. The Hall–Kier alpha value is -3.00. The predicted molar refractivity (Wildman–Crippen MR) is 89.4 cm³/mol. The molecule has 0 bridgehead atoms. The molecule has 2 heterocycles. The van der Waals surface area contributed by atoms with Gasteiger partial charge < -0.3 is 9.40 Å². The minimum absolute atomic E-state index is 0.870. The molecule has 0 fully saturated rings. The molecule has 0 aliphatic rings. The van der Waals surface area contributed by atoms with Gasteiger partial charge in [-0.15, -0.1) is 0 Å². The number of H-pyrrole nitrogens is 1. The van der Waals surface area contributed by atoms with Gasteiger partial charge in [-0.25, -0.2) is 0 Å². The van der Waals surface area contributed by atoms with Crippen LogP contribution in [-0.4, -0.2) is 4.98 Å². The van der Waals surface area contributed by atoms with Crippen LogP contribution in [0, 0.1) is 0 Å². The third-order valence-electron chi connectivity index (χ3n) is 3.78. The summed E-state index contributed by atoms with van der Waals surface area (Å²) in [7, 11) is 0. The Bertz CT molecular complexity index is 859. The van der Waals surface area contributed by atoms with Gasteiger partial charge in [-0.05, 0) is 23.3 Å². The first-order chi connectivity index (χ1) is 10.9. The Morgan fingerprint density at radius 1 is 0.682 bits per heavy atom. The van der Waals surface area contributed by atoms with Gasteiger partial charge in [0.05, 0.1) is 12.0 Å². The Morgan fingerprint density at radius 3 is 2.00 bits per heavy atom. The number of rotatable bonds is 3. The molecule has 2 nitrogen and oxygen atoms in total. The number of nitrogens with one attached hydrogen (secondary N) is 1. The first-order valence-electron chi connectivity index (χ1n) is 7.29. The number of hydrogen-bond donors (Lipinski definition) is 1. The van der Waals surface area contributed by atoms with Gasteiger partial charge in [-0.1, -0.05) is 60.7 Å². The van der Waals surface area contributed by atoms with E-state index in [4.69, 9.17) is 4.42 Å². The lowest BCUT2D eigenvalue weighted by molar-refractivity contribution is 0.582. The van der Waals surface area contributed by atoms with Gasteiger partial charge in [-0.3, -0.25) is 0 Å². The lowest BCUT2D eigenvalue weighted by Crippen LogP contribution is -1.83. The third-order valence-corrected chi connectivity index (χ3v) is 3.78. The maximum atomic E-state index is 5.92. The van der Waals surface area contributed by atoms with Crippen molar-refractivity contribution in [3.8, 4) is 33.7 Å². The van der Waals surface area contributed by atoms with Gasteiger partial charge in [0.1, 0.15) is 0 Å². The topological polar surface area (TPSA) is 28.9 Å². The van der Waals surface area contributed by atoms with E-state index in [1.54, 1.807) is 0 Å². The first-order valence-corrected chi connectivity index (χ1v) is 7.29. The Balaban J connectivity index is 1.97. The van der Waals surface area contributed by atoms with E-state index in [2.05, 4.69) is 41.4 Å². The zero-order chi connectivity index (χ0) is 14.8. The predicted octanol–water partition coefficient (Wildman–Crippen LogP) is 5.61. The second kappa shape index (κ2) is 5.41. The standard InChI is InChI=1S/C20H15NO/c1-3-8-15(9-4-1)17-14-22-20(18-12-7-13-21-18)19(17)16-10-5-2-6-11-16/h1-14,21H. The summed E-state index contributed by atoms with van der Waals surface area (Å²) in [5.41, 5.74) is 5.52. The van der Waals surface area contributed by atoms with E-state index >= 15 is 0 Å². The molecule has 22 heavy (non-hydrogen) atoms. The van der Waals surface area contributed by atoms with Crippen molar-refractivity contribution in [3.63, 3.8) is 0 Å². The highest BCUT2D eigenvalue weighted by Gasteiger charge is 2.18. The van der Waals surface area contributed by atoms with E-state index in [9.17, 15) is 0 Å². The van der Waals surface area contributed by atoms with E-state index < -0.39 is 0 Å². The number of aromatic amines is 1. The van der Waals surface area contributed by atoms with Crippen LogP contribution < -0.4 is 0 Å². The van der Waals surface area contributed by atoms with E-state index in [-0.39, 0.29) is 0 Å². The minimum Gasteiger partial charge on any atom is -0.461 e. The lowest BCUT2D eigenvalue weighted by Gasteiger charge is -2.06. The van der Waals surface area contributed by atoms with Crippen LogP contribution in [0.25, 0.3) is 33.7 Å². The van der Waals surface area contributed by atoms with Crippen LogP contribution in [0.4, 0.5) is 0 Å². The Kier molecular flexibility index (Phi) is 3.13. The van der Waals surface area contributed by atoms with Crippen molar-refractivity contribution >= 4 is 0 Å². The molecule has 0 radical (unpaired) electrons. The second-order valence-corrected chi connectivity index (χ2v) is 5.17. The van der Waals surface area contributed by atoms with Crippen LogP contribution in [0.3, 0.4) is 0 Å². The van der Waals surface area contributed by atoms with Crippen LogP contribution in [0.1, 0.15) is 0 Å². The molecule has 0 aliphatic heterocycles. The monoisotopic (exact) mass is 285 g/mol. The highest BCUT2D eigenvalue weighted by atomic mass is 16.3. The molecule has 0 unspecified atom stereocenters. The van der Waals surface area contributed by atoms with Crippen LogP contribution in [0.2, 0.25) is 0 Å². The fraction of sp³-hybridized carbons (Fsp3) is 0. The molecule has 2 heteroatoms. The minimum atomic E-state index is 0.870. The summed E-state index contributed by atoms with van der Waals surface area (Å²) in [6.07, 6.45) is 3.75. The highest BCUT2D eigenvalue weighted by Crippen LogP contribution is 2.40. The number of furan rings is 1. The molecule has 0 atom stereocenters. The van der Waals surface area contributed by atoms with Crippen molar-refractivity contribution in [1.82, 2.24) is 4.98 Å². The molecule has 0 aliphatic carbocycles. The van der Waals surface area contributed by atoms with Crippen LogP contribution >= 0.6 is 0 Å². The van der Waals surface area contributed by atoms with Gasteiger partial charge in [-0.2, -0.15) is 0 Å². The largest absolute Gasteiger partial charge is 0.461 e. The maximum Gasteiger partial charge on any atom is 0.158 e. The summed E-state index contributed by atoms with van der Waals surface area (Å²) < 4.78 is 5.92. The maximum absolute atomic E-state index is 5.92. The molecule has 0 saturated heterocycles. The quantitative estimate of drug-likeness (QED) is 0.521. The summed E-state index contributed by atoms with van der Waals surface area (Å²) in [5, 5.41) is 0. The normalized spacial score (nSPS) is 10.7. The van der Waals surface area contributed by atoms with Gasteiger partial charge in [0.2, 0.25) is 0 Å². The van der Waals surface area contributed by atoms with Gasteiger partial charge in [0.15, 0.2) is 5.76 Å². The van der Waals surface area contributed by atoms with Gasteiger partial charge in [0.25, 0.3) is 0 Å². The molecule has 0 amide bonds. The molecule has 0 saturated carbocycles. The summed E-state index contributed by atoms with van der Waals surface area (Å²) in [5.74, 6) is 0.870. The molecule has 1 N–H and O–H groups in total. The molecular weight excluding hydrogens is 270 g/mol. The number of benzene rings is 2. The third kappa shape index (κ3) is 2.15. The number of hydrogen-bond acceptors (Lipinski definition) is 1. The SMILES string of the molecule is c1ccc(-c2coc(-c3ccc[nH]3)c2-c2ccccc2)cc1. The molecule has 4 aromatic rings. The molecule has 2 aromatic carbocycles. The van der Waals surface area contributed by atoms with Crippen LogP contribution in [0.15, 0.2) is 89.7 Å². The fourth-order valence-corrected chi connectivity index (χ4v) is 2.75. The van der Waals surface area contributed by atoms with Gasteiger partial charge >= 0.3 is 0 Å². The first kappa shape index (κ1) is 12.7. The molecule has 0 spiro atoms. The molecule has 2 aromatic heterocycles. The van der Waals surface area contributed by atoms with Crippen LogP contribution in [0.5, 0.6) is 0 Å². The lowest BCUT2D eigenvalue weighted by atomic mass is 9.96. The Morgan fingerprint density at radius 2 is 1.36 bits per heavy atom. The number of aromatic nitrogens is 1. The molecule has 4 rings (SSSR count). The smallest absolute Gasteiger partial charge is 0.158 e. The zero-order valence-corrected chi connectivity index (χ0v) is 12.0. The zero-order valence-electron chi connectivity index (χ0n) is 12.0. The van der Waals surface area contributed by atoms with Crippen molar-refractivity contribution in [2.45, 2.75) is 0 Å². The van der Waals surface area contributed by atoms with Gasteiger partial charge in [0, 0.05) is 17.3 Å². The molecule has 106 valence electrons. The van der Waals surface area contributed by atoms with Crippen molar-refractivity contribution in [2.75, 3.05) is 0 Å². The van der Waals surface area contributed by atoms with E-state index in [0.717, 1.165) is 33.7 Å². The molecular formula is C20H15NO. The average Bonchev–Trinajstić information content (AvgIpc) is 3.25. The van der Waals surface area contributed by atoms with Crippen molar-refractivity contribution in [3.05, 3.63) is 85.3 Å². The van der Waals surface area contributed by atoms with Crippen molar-refractivity contribution in [1.29, 1.82) is 0 Å². The van der Waals surface area contributed by atoms with Crippen molar-refractivity contribution < 1.29 is 4.42 Å². The summed E-state index contributed by atoms with van der Waals surface area (Å²) in [6.45, 7) is 0. The Labute approximate surface area is 129 Å². The fourth-order valence-electron chi connectivity index (χ4n) is 2.75. The van der Waals surface area contributed by atoms with E-state index in [1.165, 1.54) is 0 Å². The average molecular weight is 285 g/mol. The van der Waals surface area contributed by atoms with E-state index in [1.807, 2.05) is 48.9 Å². The summed E-state index contributed by atoms with van der Waals surface area (Å²) in [6, 6.07) is 24.7. The summed E-state index contributed by atoms with van der Waals surface area (Å²) in [4.78, 5) is 3.23. The van der Waals surface area contributed by atoms with Crippen LogP contribution in [-0.2, 0) is 0 Å². The second-order valence-electron chi connectivity index (χ2n) is 5.17.